The van der Waals surface area contributed by atoms with Crippen molar-refractivity contribution in [1.29, 1.82) is 5.26 Å². The number of nitriles is 1. The van der Waals surface area contributed by atoms with E-state index in [9.17, 15) is 0 Å². The summed E-state index contributed by atoms with van der Waals surface area (Å²) in [5.74, 6) is 0.715. The molecule has 1 aromatic carbocycles. The van der Waals surface area contributed by atoms with Gasteiger partial charge in [-0.05, 0) is 30.7 Å². The monoisotopic (exact) mass is 272 g/mol. The van der Waals surface area contributed by atoms with Crippen molar-refractivity contribution in [1.82, 2.24) is 0 Å². The van der Waals surface area contributed by atoms with E-state index in [1.807, 2.05) is 41.7 Å². The van der Waals surface area contributed by atoms with Gasteiger partial charge in [0, 0.05) is 28.1 Å². The largest absolute Gasteiger partial charge is 0.479 e. The van der Waals surface area contributed by atoms with Gasteiger partial charge in [-0.3, -0.25) is 0 Å². The molecule has 0 saturated heterocycles. The smallest absolute Gasteiger partial charge is 0.174 e. The van der Waals surface area contributed by atoms with E-state index >= 15 is 0 Å². The van der Waals surface area contributed by atoms with Crippen molar-refractivity contribution in [3.63, 3.8) is 0 Å². The highest BCUT2D eigenvalue weighted by molar-refractivity contribution is 7.12. The summed E-state index contributed by atoms with van der Waals surface area (Å²) in [5, 5.41) is 11.8. The van der Waals surface area contributed by atoms with Gasteiger partial charge in [-0.15, -0.1) is 11.3 Å². The molecule has 1 aromatic heterocycles. The van der Waals surface area contributed by atoms with Crippen molar-refractivity contribution in [3.8, 4) is 11.8 Å². The molecule has 1 heterocycles. The van der Waals surface area contributed by atoms with Crippen LogP contribution in [-0.2, 0) is 13.0 Å². The Labute approximate surface area is 117 Å². The molecule has 0 fully saturated rings. The van der Waals surface area contributed by atoms with Crippen molar-refractivity contribution < 1.29 is 4.74 Å². The Morgan fingerprint density at radius 3 is 2.84 bits per heavy atom. The fourth-order valence-electron chi connectivity index (χ4n) is 1.71. The van der Waals surface area contributed by atoms with E-state index in [4.69, 9.17) is 10.00 Å². The van der Waals surface area contributed by atoms with Gasteiger partial charge >= 0.3 is 0 Å². The van der Waals surface area contributed by atoms with Crippen LogP contribution in [0.4, 0.5) is 5.69 Å². The third-order valence-electron chi connectivity index (χ3n) is 2.67. The van der Waals surface area contributed by atoms with Crippen molar-refractivity contribution >= 4 is 17.0 Å². The minimum absolute atomic E-state index is 0.0776. The molecule has 1 N–H and O–H groups in total. The van der Waals surface area contributed by atoms with Gasteiger partial charge in [-0.25, -0.2) is 0 Å². The highest BCUT2D eigenvalue weighted by atomic mass is 32.1. The minimum Gasteiger partial charge on any atom is -0.479 e. The maximum Gasteiger partial charge on any atom is 0.174 e. The zero-order valence-electron chi connectivity index (χ0n) is 10.8. The molecule has 3 nitrogen and oxygen atoms in total. The van der Waals surface area contributed by atoms with Gasteiger partial charge in [-0.1, -0.05) is 13.0 Å². The Bertz CT molecular complexity index is 572. The number of hydrogen-bond donors (Lipinski definition) is 1. The summed E-state index contributed by atoms with van der Waals surface area (Å²) in [6, 6.07) is 14.0. The normalized spacial score (nSPS) is 9.89. The quantitative estimate of drug-likeness (QED) is 0.869. The van der Waals surface area contributed by atoms with Gasteiger partial charge < -0.3 is 10.1 Å². The molecule has 0 aliphatic carbocycles. The van der Waals surface area contributed by atoms with Gasteiger partial charge in [-0.2, -0.15) is 5.26 Å². The fraction of sp³-hybridized carbons (Fsp3) is 0.267. The maximum atomic E-state index is 8.49. The van der Waals surface area contributed by atoms with Crippen LogP contribution in [-0.4, -0.2) is 6.61 Å². The summed E-state index contributed by atoms with van der Waals surface area (Å²) in [6.07, 6.45) is 1.09. The van der Waals surface area contributed by atoms with Crippen LogP contribution in [0.3, 0.4) is 0 Å². The Hall–Kier alpha value is -1.99. The van der Waals surface area contributed by atoms with Crippen LogP contribution < -0.4 is 10.1 Å². The molecule has 2 rings (SSSR count). The van der Waals surface area contributed by atoms with Gasteiger partial charge in [0.15, 0.2) is 6.61 Å². The van der Waals surface area contributed by atoms with Crippen LogP contribution in [0.5, 0.6) is 5.75 Å². The third-order valence-corrected chi connectivity index (χ3v) is 3.90. The second-order valence-electron chi connectivity index (χ2n) is 4.05. The summed E-state index contributed by atoms with van der Waals surface area (Å²) in [7, 11) is 0. The van der Waals surface area contributed by atoms with E-state index in [1.165, 1.54) is 9.75 Å². The Morgan fingerprint density at radius 2 is 2.11 bits per heavy atom. The van der Waals surface area contributed by atoms with Crippen LogP contribution in [0.1, 0.15) is 16.7 Å². The lowest BCUT2D eigenvalue weighted by Crippen LogP contribution is -1.98. The van der Waals surface area contributed by atoms with Crippen LogP contribution in [0.2, 0.25) is 0 Å². The number of thiophene rings is 1. The first-order chi connectivity index (χ1) is 9.31. The predicted octanol–water partition coefficient (Wildman–Crippen LogP) is 3.82. The van der Waals surface area contributed by atoms with E-state index in [2.05, 4.69) is 24.4 Å². The van der Waals surface area contributed by atoms with Gasteiger partial charge in [0.1, 0.15) is 11.8 Å². The van der Waals surface area contributed by atoms with Gasteiger partial charge in [0.05, 0.1) is 0 Å². The lowest BCUT2D eigenvalue weighted by molar-refractivity contribution is 0.368. The van der Waals surface area contributed by atoms with Crippen molar-refractivity contribution in [2.24, 2.45) is 0 Å². The Morgan fingerprint density at radius 1 is 1.26 bits per heavy atom. The molecule has 0 bridgehead atoms. The molecule has 4 heteroatoms. The van der Waals surface area contributed by atoms with Crippen LogP contribution in [0.15, 0.2) is 36.4 Å². The molecule has 98 valence electrons. The lowest BCUT2D eigenvalue weighted by atomic mass is 10.3. The predicted molar refractivity (Wildman–Crippen MR) is 78.6 cm³/mol. The molecular formula is C15H16N2OS. The number of ether oxygens (including phenoxy) is 1. The fourth-order valence-corrected chi connectivity index (χ4v) is 2.61. The second-order valence-corrected chi connectivity index (χ2v) is 5.30. The molecule has 0 saturated carbocycles. The number of nitrogens with zero attached hydrogens (tertiary/aromatic N) is 1. The second kappa shape index (κ2) is 6.81. The van der Waals surface area contributed by atoms with Crippen LogP contribution in [0.25, 0.3) is 0 Å². The molecule has 0 aliphatic rings. The first-order valence-electron chi connectivity index (χ1n) is 6.23. The SMILES string of the molecule is CCc1ccc(CNc2cccc(OCC#N)c2)s1. The highest BCUT2D eigenvalue weighted by Crippen LogP contribution is 2.21. The Balaban J connectivity index is 1.93. The summed E-state index contributed by atoms with van der Waals surface area (Å²) in [5.41, 5.74) is 1.00. The first kappa shape index (κ1) is 13.4. The number of rotatable bonds is 6. The van der Waals surface area contributed by atoms with Crippen LogP contribution >= 0.6 is 11.3 Å². The van der Waals surface area contributed by atoms with E-state index in [0.29, 0.717) is 5.75 Å². The average molecular weight is 272 g/mol. The van der Waals surface area contributed by atoms with E-state index in [-0.39, 0.29) is 6.61 Å². The molecule has 0 atom stereocenters. The molecule has 0 radical (unpaired) electrons. The lowest BCUT2D eigenvalue weighted by Gasteiger charge is -2.07. The molecule has 0 amide bonds. The van der Waals surface area contributed by atoms with E-state index in [0.717, 1.165) is 18.7 Å². The number of anilines is 1. The number of aryl methyl sites for hydroxylation is 1. The van der Waals surface area contributed by atoms with Crippen molar-refractivity contribution in [2.45, 2.75) is 19.9 Å². The van der Waals surface area contributed by atoms with Crippen molar-refractivity contribution in [2.75, 3.05) is 11.9 Å². The van der Waals surface area contributed by atoms with Crippen molar-refractivity contribution in [3.05, 3.63) is 46.2 Å². The molecular weight excluding hydrogens is 256 g/mol. The Kier molecular flexibility index (Phi) is 4.82. The summed E-state index contributed by atoms with van der Waals surface area (Å²) in [6.45, 7) is 3.06. The topological polar surface area (TPSA) is 45.0 Å². The average Bonchev–Trinajstić information content (AvgIpc) is 2.91. The highest BCUT2D eigenvalue weighted by Gasteiger charge is 2.00. The molecule has 0 aliphatic heterocycles. The van der Waals surface area contributed by atoms with Gasteiger partial charge in [0.2, 0.25) is 0 Å². The molecule has 0 spiro atoms. The summed E-state index contributed by atoms with van der Waals surface area (Å²) < 4.78 is 5.27. The minimum atomic E-state index is 0.0776. The zero-order valence-corrected chi connectivity index (χ0v) is 11.7. The number of nitrogens with one attached hydrogen (secondary N) is 1. The summed E-state index contributed by atoms with van der Waals surface area (Å²) >= 11 is 1.83. The van der Waals surface area contributed by atoms with Crippen LogP contribution in [0, 0.1) is 11.3 Å². The third kappa shape index (κ3) is 4.01. The standard InChI is InChI=1S/C15H16N2OS/c1-2-14-6-7-15(19-14)11-17-12-4-3-5-13(10-12)18-9-8-16/h3-7,10,17H,2,9,11H2,1H3. The first-order valence-corrected chi connectivity index (χ1v) is 7.04. The summed E-state index contributed by atoms with van der Waals surface area (Å²) in [4.78, 5) is 2.73. The van der Waals surface area contributed by atoms with E-state index < -0.39 is 0 Å². The molecule has 19 heavy (non-hydrogen) atoms. The number of benzene rings is 1. The van der Waals surface area contributed by atoms with E-state index in [1.54, 1.807) is 0 Å². The van der Waals surface area contributed by atoms with Gasteiger partial charge in [0.25, 0.3) is 0 Å². The molecule has 2 aromatic rings. The maximum absolute atomic E-state index is 8.49. The number of hydrogen-bond acceptors (Lipinski definition) is 4. The molecule has 0 unspecified atom stereocenters. The zero-order chi connectivity index (χ0) is 13.5.